The van der Waals surface area contributed by atoms with Gasteiger partial charge in [0.15, 0.2) is 5.96 Å². The number of carbonyl (C=O) groups excluding carboxylic acids is 1. The second-order valence-corrected chi connectivity index (χ2v) is 7.66. The van der Waals surface area contributed by atoms with Crippen molar-refractivity contribution in [2.75, 3.05) is 19.6 Å². The predicted molar refractivity (Wildman–Crippen MR) is 135 cm³/mol. The van der Waals surface area contributed by atoms with Crippen LogP contribution in [0.1, 0.15) is 47.7 Å². The summed E-state index contributed by atoms with van der Waals surface area (Å²) in [6.45, 7) is 5.79. The number of hydrogen-bond acceptors (Lipinski definition) is 2. The van der Waals surface area contributed by atoms with Crippen molar-refractivity contribution in [3.63, 3.8) is 0 Å². The lowest BCUT2D eigenvalue weighted by Crippen LogP contribution is -2.36. The molecule has 3 rings (SSSR count). The predicted octanol–water partition coefficient (Wildman–Crippen LogP) is 4.84. The number of likely N-dealkylation sites (tertiary alicyclic amines) is 1. The number of carbonyl (C=O) groups is 1. The van der Waals surface area contributed by atoms with Crippen LogP contribution in [-0.2, 0) is 13.1 Å². The van der Waals surface area contributed by atoms with E-state index >= 15 is 0 Å². The van der Waals surface area contributed by atoms with Crippen molar-refractivity contribution in [1.29, 1.82) is 0 Å². The minimum absolute atomic E-state index is 0. The van der Waals surface area contributed by atoms with E-state index in [1.54, 1.807) is 0 Å². The van der Waals surface area contributed by atoms with Crippen molar-refractivity contribution in [3.8, 4) is 0 Å². The van der Waals surface area contributed by atoms with E-state index in [0.29, 0.717) is 13.1 Å². The van der Waals surface area contributed by atoms with E-state index in [1.807, 2.05) is 60.4 Å². The first kappa shape index (κ1) is 24.5. The van der Waals surface area contributed by atoms with Gasteiger partial charge in [-0.1, -0.05) is 35.9 Å². The summed E-state index contributed by atoms with van der Waals surface area (Å²) in [5.41, 5.74) is 2.97. The maximum Gasteiger partial charge on any atom is 0.253 e. The number of guanidine groups is 1. The molecule has 2 N–H and O–H groups in total. The van der Waals surface area contributed by atoms with Crippen LogP contribution in [-0.4, -0.2) is 36.4 Å². The summed E-state index contributed by atoms with van der Waals surface area (Å²) >= 11 is 5.94. The molecule has 1 saturated heterocycles. The van der Waals surface area contributed by atoms with E-state index in [-0.39, 0.29) is 29.9 Å². The first-order chi connectivity index (χ1) is 14.2. The van der Waals surface area contributed by atoms with Gasteiger partial charge < -0.3 is 15.5 Å². The van der Waals surface area contributed by atoms with Crippen molar-refractivity contribution in [2.45, 2.75) is 39.3 Å². The summed E-state index contributed by atoms with van der Waals surface area (Å²) in [5, 5.41) is 7.33. The van der Waals surface area contributed by atoms with Crippen LogP contribution in [0, 0.1) is 0 Å². The Morgan fingerprint density at radius 3 is 2.23 bits per heavy atom. The average molecular weight is 541 g/mol. The maximum atomic E-state index is 12.6. The Morgan fingerprint density at radius 2 is 1.60 bits per heavy atom. The molecule has 7 heteroatoms. The molecule has 30 heavy (non-hydrogen) atoms. The number of rotatable bonds is 6. The highest BCUT2D eigenvalue weighted by atomic mass is 127. The SMILES string of the molecule is CCNC(=NCc1ccc(C(=O)N2CCCCC2)cc1)NCc1ccc(Cl)cc1.I. The molecule has 0 aliphatic carbocycles. The van der Waals surface area contributed by atoms with Crippen molar-refractivity contribution >= 4 is 47.4 Å². The minimum Gasteiger partial charge on any atom is -0.357 e. The number of piperidine rings is 1. The summed E-state index contributed by atoms with van der Waals surface area (Å²) in [5.74, 6) is 0.897. The zero-order valence-corrected chi connectivity index (χ0v) is 20.5. The summed E-state index contributed by atoms with van der Waals surface area (Å²) in [4.78, 5) is 19.2. The molecule has 0 atom stereocenters. The summed E-state index contributed by atoms with van der Waals surface area (Å²) < 4.78 is 0. The number of amides is 1. The second-order valence-electron chi connectivity index (χ2n) is 7.22. The lowest BCUT2D eigenvalue weighted by atomic mass is 10.1. The number of nitrogens with zero attached hydrogens (tertiary/aromatic N) is 2. The maximum absolute atomic E-state index is 12.6. The first-order valence-electron chi connectivity index (χ1n) is 10.3. The molecule has 1 aliphatic heterocycles. The fourth-order valence-electron chi connectivity index (χ4n) is 3.33. The third kappa shape index (κ3) is 7.47. The van der Waals surface area contributed by atoms with Crippen LogP contribution < -0.4 is 10.6 Å². The van der Waals surface area contributed by atoms with Crippen molar-refractivity contribution in [2.24, 2.45) is 4.99 Å². The van der Waals surface area contributed by atoms with Gasteiger partial charge in [-0.2, -0.15) is 0 Å². The van der Waals surface area contributed by atoms with E-state index in [0.717, 1.165) is 60.1 Å². The van der Waals surface area contributed by atoms with Gasteiger partial charge in [0, 0.05) is 36.8 Å². The molecule has 0 radical (unpaired) electrons. The number of nitrogens with one attached hydrogen (secondary N) is 2. The van der Waals surface area contributed by atoms with E-state index in [1.165, 1.54) is 6.42 Å². The Labute approximate surface area is 201 Å². The van der Waals surface area contributed by atoms with Crippen molar-refractivity contribution < 1.29 is 4.79 Å². The van der Waals surface area contributed by atoms with Gasteiger partial charge in [-0.3, -0.25) is 4.79 Å². The second kappa shape index (κ2) is 12.8. The number of hydrogen-bond donors (Lipinski definition) is 2. The van der Waals surface area contributed by atoms with Crippen LogP contribution in [0.25, 0.3) is 0 Å². The third-order valence-electron chi connectivity index (χ3n) is 4.98. The molecule has 1 heterocycles. The zero-order valence-electron chi connectivity index (χ0n) is 17.4. The van der Waals surface area contributed by atoms with E-state index < -0.39 is 0 Å². The Hall–Kier alpha value is -1.80. The number of aliphatic imine (C=N–C) groups is 1. The van der Waals surface area contributed by atoms with Gasteiger partial charge in [-0.25, -0.2) is 4.99 Å². The van der Waals surface area contributed by atoms with Crippen LogP contribution in [0.15, 0.2) is 53.5 Å². The van der Waals surface area contributed by atoms with Crippen LogP contribution in [0.4, 0.5) is 0 Å². The molecular weight excluding hydrogens is 511 g/mol. The molecule has 0 saturated carbocycles. The largest absolute Gasteiger partial charge is 0.357 e. The Balaban J connectivity index is 0.00000320. The molecule has 2 aromatic rings. The molecule has 1 amide bonds. The average Bonchev–Trinajstić information content (AvgIpc) is 2.77. The van der Waals surface area contributed by atoms with Gasteiger partial charge in [0.25, 0.3) is 5.91 Å². The molecule has 2 aromatic carbocycles. The first-order valence-corrected chi connectivity index (χ1v) is 10.7. The number of benzene rings is 2. The van der Waals surface area contributed by atoms with Crippen LogP contribution in [0.3, 0.4) is 0 Å². The highest BCUT2D eigenvalue weighted by Gasteiger charge is 2.17. The Morgan fingerprint density at radius 1 is 0.967 bits per heavy atom. The Bertz CT molecular complexity index is 818. The van der Waals surface area contributed by atoms with Crippen LogP contribution in [0.2, 0.25) is 5.02 Å². The van der Waals surface area contributed by atoms with Gasteiger partial charge in [0.05, 0.1) is 6.54 Å². The summed E-state index contributed by atoms with van der Waals surface area (Å²) in [7, 11) is 0. The normalized spacial score (nSPS) is 14.1. The fourth-order valence-corrected chi connectivity index (χ4v) is 3.46. The van der Waals surface area contributed by atoms with Crippen LogP contribution >= 0.6 is 35.6 Å². The van der Waals surface area contributed by atoms with Gasteiger partial charge in [0.2, 0.25) is 0 Å². The third-order valence-corrected chi connectivity index (χ3v) is 5.23. The molecule has 1 aliphatic rings. The molecule has 1 fully saturated rings. The quantitative estimate of drug-likeness (QED) is 0.313. The van der Waals surface area contributed by atoms with Gasteiger partial charge in [-0.15, -0.1) is 24.0 Å². The smallest absolute Gasteiger partial charge is 0.253 e. The van der Waals surface area contributed by atoms with Gasteiger partial charge >= 0.3 is 0 Å². The lowest BCUT2D eigenvalue weighted by Gasteiger charge is -2.26. The molecule has 0 spiro atoms. The zero-order chi connectivity index (χ0) is 20.5. The topological polar surface area (TPSA) is 56.7 Å². The molecule has 0 bridgehead atoms. The lowest BCUT2D eigenvalue weighted by molar-refractivity contribution is 0.0724. The highest BCUT2D eigenvalue weighted by molar-refractivity contribution is 14.0. The van der Waals surface area contributed by atoms with Crippen molar-refractivity contribution in [1.82, 2.24) is 15.5 Å². The standard InChI is InChI=1S/C23H29ClN4O.HI/c1-2-25-23(27-17-19-8-12-21(24)13-9-19)26-16-18-6-10-20(11-7-18)22(29)28-14-4-3-5-15-28;/h6-13H,2-5,14-17H2,1H3,(H2,25,26,27);1H. The van der Waals surface area contributed by atoms with Crippen LogP contribution in [0.5, 0.6) is 0 Å². The highest BCUT2D eigenvalue weighted by Crippen LogP contribution is 2.14. The Kier molecular flexibility index (Phi) is 10.4. The summed E-state index contributed by atoms with van der Waals surface area (Å²) in [6.07, 6.45) is 3.43. The molecule has 162 valence electrons. The van der Waals surface area contributed by atoms with E-state index in [9.17, 15) is 4.79 Å². The fraction of sp³-hybridized carbons (Fsp3) is 0.391. The van der Waals surface area contributed by atoms with Crippen molar-refractivity contribution in [3.05, 3.63) is 70.2 Å². The molecule has 0 aromatic heterocycles. The summed E-state index contributed by atoms with van der Waals surface area (Å²) in [6, 6.07) is 15.6. The van der Waals surface area contributed by atoms with E-state index in [2.05, 4.69) is 15.6 Å². The van der Waals surface area contributed by atoms with Gasteiger partial charge in [0.1, 0.15) is 0 Å². The molecular formula is C23H30ClIN4O. The van der Waals surface area contributed by atoms with Gasteiger partial charge in [-0.05, 0) is 61.6 Å². The van der Waals surface area contributed by atoms with E-state index in [4.69, 9.17) is 11.6 Å². The molecule has 0 unspecified atom stereocenters. The monoisotopic (exact) mass is 540 g/mol. The minimum atomic E-state index is 0. The molecule has 5 nitrogen and oxygen atoms in total. The number of halogens is 2.